The number of fused-ring (bicyclic) bond motifs is 1. The summed E-state index contributed by atoms with van der Waals surface area (Å²) in [5.41, 5.74) is 1.11. The van der Waals surface area contributed by atoms with E-state index in [1.54, 1.807) is 24.7 Å². The highest BCUT2D eigenvalue weighted by Gasteiger charge is 2.24. The first-order valence-corrected chi connectivity index (χ1v) is 9.76. The lowest BCUT2D eigenvalue weighted by molar-refractivity contribution is -0.141. The van der Waals surface area contributed by atoms with E-state index in [1.165, 1.54) is 11.8 Å². The fraction of sp³-hybridized carbons (Fsp3) is 0.300. The number of methoxy groups -OCH3 is 1. The molecule has 4 aromatic rings. The molecule has 1 atom stereocenters. The minimum Gasteiger partial charge on any atom is -0.506 e. The van der Waals surface area contributed by atoms with E-state index in [4.69, 9.17) is 4.74 Å². The van der Waals surface area contributed by atoms with Crippen molar-refractivity contribution in [3.8, 4) is 5.75 Å². The van der Waals surface area contributed by atoms with E-state index in [0.29, 0.717) is 23.6 Å². The fourth-order valence-electron chi connectivity index (χ4n) is 3.28. The maximum Gasteiger partial charge on any atom is 0.327 e. The van der Waals surface area contributed by atoms with Gasteiger partial charge in [-0.25, -0.2) is 14.6 Å². The Morgan fingerprint density at radius 1 is 1.29 bits per heavy atom. The second kappa shape index (κ2) is 9.30. The highest BCUT2D eigenvalue weighted by atomic mass is 16.5. The van der Waals surface area contributed by atoms with Gasteiger partial charge in [-0.05, 0) is 35.5 Å². The third-order valence-corrected chi connectivity index (χ3v) is 4.84. The molecular weight excluding hydrogens is 400 g/mol. The Hall–Kier alpha value is -3.86. The normalized spacial score (nSPS) is 12.2. The van der Waals surface area contributed by atoms with Gasteiger partial charge in [0.25, 0.3) is 0 Å². The number of hydrogen-bond donors (Lipinski definition) is 2. The van der Waals surface area contributed by atoms with Crippen LogP contribution in [0.4, 0.5) is 0 Å². The van der Waals surface area contributed by atoms with Crippen LogP contribution in [0.15, 0.2) is 49.1 Å². The lowest BCUT2D eigenvalue weighted by atomic mass is 10.1. The number of phenols is 1. The van der Waals surface area contributed by atoms with Crippen molar-refractivity contribution < 1.29 is 14.6 Å². The van der Waals surface area contributed by atoms with Gasteiger partial charge < -0.3 is 19.7 Å². The molecule has 0 aliphatic carbocycles. The Labute approximate surface area is 177 Å². The van der Waals surface area contributed by atoms with Gasteiger partial charge in [-0.3, -0.25) is 4.79 Å². The molecule has 2 N–H and O–H groups in total. The summed E-state index contributed by atoms with van der Waals surface area (Å²) in [7, 11) is 1.31. The number of hydrogen-bond acceptors (Lipinski definition) is 9. The number of para-hydroxylation sites is 1. The Morgan fingerprint density at radius 3 is 3.00 bits per heavy atom. The van der Waals surface area contributed by atoms with Crippen molar-refractivity contribution in [3.05, 3.63) is 60.6 Å². The van der Waals surface area contributed by atoms with E-state index in [-0.39, 0.29) is 12.3 Å². The van der Waals surface area contributed by atoms with Gasteiger partial charge in [-0.1, -0.05) is 18.2 Å². The smallest absolute Gasteiger partial charge is 0.327 e. The number of rotatable bonds is 9. The number of tetrazole rings is 1. The molecule has 160 valence electrons. The summed E-state index contributed by atoms with van der Waals surface area (Å²) in [4.78, 5) is 20.5. The predicted octanol–water partition coefficient (Wildman–Crippen LogP) is 1.07. The molecule has 1 unspecified atom stereocenters. The van der Waals surface area contributed by atoms with Crippen LogP contribution in [0.2, 0.25) is 0 Å². The number of imidazole rings is 1. The van der Waals surface area contributed by atoms with Crippen LogP contribution < -0.4 is 5.32 Å². The number of nitrogens with one attached hydrogen (secondary N) is 1. The van der Waals surface area contributed by atoms with E-state index >= 15 is 0 Å². The van der Waals surface area contributed by atoms with Crippen LogP contribution in [0.25, 0.3) is 10.9 Å². The monoisotopic (exact) mass is 422 g/mol. The molecule has 0 aliphatic heterocycles. The summed E-state index contributed by atoms with van der Waals surface area (Å²) in [5.74, 6) is 0.0548. The summed E-state index contributed by atoms with van der Waals surface area (Å²) in [6.45, 7) is 1.30. The quantitative estimate of drug-likeness (QED) is 0.300. The molecule has 4 rings (SSSR count). The summed E-state index contributed by atoms with van der Waals surface area (Å²) in [5, 5.41) is 26.3. The van der Waals surface area contributed by atoms with Crippen molar-refractivity contribution in [3.63, 3.8) is 0 Å². The maximum atomic E-state index is 11.8. The zero-order valence-corrected chi connectivity index (χ0v) is 16.9. The molecule has 1 aromatic carbocycles. The van der Waals surface area contributed by atoms with Crippen molar-refractivity contribution in [2.24, 2.45) is 0 Å². The number of carbonyl (C=O) groups is 1. The standard InChI is InChI=1S/C20H22N8O3/c1-31-17(30)12-28-20(24-25-26-28)19(22-8-3-10-27-11-9-21-13-27)15-7-6-14-4-2-5-16(29)18(14)23-15/h2,4-7,9,11,13,19,22,29H,3,8,10,12H2,1H3. The minimum atomic E-state index is -0.494. The molecule has 3 aromatic heterocycles. The molecule has 0 spiro atoms. The molecule has 0 bridgehead atoms. The van der Waals surface area contributed by atoms with Gasteiger partial charge in [0.15, 0.2) is 5.82 Å². The van der Waals surface area contributed by atoms with E-state index in [2.05, 4.69) is 30.8 Å². The first-order chi connectivity index (χ1) is 15.2. The molecule has 0 radical (unpaired) electrons. The molecule has 11 heteroatoms. The molecule has 3 heterocycles. The summed E-state index contributed by atoms with van der Waals surface area (Å²) >= 11 is 0. The van der Waals surface area contributed by atoms with Crippen molar-refractivity contribution in [2.45, 2.75) is 25.6 Å². The third-order valence-electron chi connectivity index (χ3n) is 4.84. The molecule has 0 saturated heterocycles. The number of carbonyl (C=O) groups excluding carboxylic acids is 1. The van der Waals surface area contributed by atoms with Gasteiger partial charge in [-0.2, -0.15) is 0 Å². The molecular formula is C20H22N8O3. The van der Waals surface area contributed by atoms with Crippen LogP contribution in [0.5, 0.6) is 5.75 Å². The highest BCUT2D eigenvalue weighted by molar-refractivity contribution is 5.84. The SMILES string of the molecule is COC(=O)Cn1nnnc1C(NCCCn1ccnc1)c1ccc2cccc(O)c2n1. The van der Waals surface area contributed by atoms with Crippen molar-refractivity contribution in [2.75, 3.05) is 13.7 Å². The van der Waals surface area contributed by atoms with Gasteiger partial charge in [0.1, 0.15) is 23.9 Å². The van der Waals surface area contributed by atoms with E-state index < -0.39 is 12.0 Å². The number of pyridine rings is 1. The molecule has 0 fully saturated rings. The number of ether oxygens (including phenoxy) is 1. The number of phenolic OH excluding ortho intramolecular Hbond substituents is 1. The summed E-state index contributed by atoms with van der Waals surface area (Å²) in [6.07, 6.45) is 6.23. The van der Waals surface area contributed by atoms with E-state index in [1.807, 2.05) is 29.0 Å². The Kier molecular flexibility index (Phi) is 6.13. The van der Waals surface area contributed by atoms with Gasteiger partial charge in [-0.15, -0.1) is 5.10 Å². The molecule has 0 aliphatic rings. The van der Waals surface area contributed by atoms with Gasteiger partial charge in [0, 0.05) is 24.3 Å². The largest absolute Gasteiger partial charge is 0.506 e. The van der Waals surface area contributed by atoms with Crippen molar-refractivity contribution in [1.82, 2.24) is 40.1 Å². The Morgan fingerprint density at radius 2 is 2.19 bits per heavy atom. The van der Waals surface area contributed by atoms with E-state index in [0.717, 1.165) is 18.4 Å². The van der Waals surface area contributed by atoms with Crippen LogP contribution in [0, 0.1) is 0 Å². The minimum absolute atomic E-state index is 0.0901. The maximum absolute atomic E-state index is 11.8. The third kappa shape index (κ3) is 4.67. The summed E-state index contributed by atoms with van der Waals surface area (Å²) in [6, 6.07) is 8.47. The second-order valence-corrected chi connectivity index (χ2v) is 6.90. The lowest BCUT2D eigenvalue weighted by Crippen LogP contribution is -2.29. The van der Waals surface area contributed by atoms with Gasteiger partial charge in [0.05, 0.1) is 19.1 Å². The Balaban J connectivity index is 1.62. The second-order valence-electron chi connectivity index (χ2n) is 6.90. The summed E-state index contributed by atoms with van der Waals surface area (Å²) < 4.78 is 8.12. The van der Waals surface area contributed by atoms with Crippen LogP contribution in [0.1, 0.15) is 24.0 Å². The van der Waals surface area contributed by atoms with Crippen LogP contribution in [-0.4, -0.2) is 59.5 Å². The van der Waals surface area contributed by atoms with Crippen LogP contribution in [0.3, 0.4) is 0 Å². The van der Waals surface area contributed by atoms with E-state index in [9.17, 15) is 9.90 Å². The number of aromatic nitrogens is 7. The number of aromatic hydroxyl groups is 1. The van der Waals surface area contributed by atoms with Gasteiger partial charge >= 0.3 is 5.97 Å². The average Bonchev–Trinajstić information content (AvgIpc) is 3.46. The first-order valence-electron chi connectivity index (χ1n) is 9.76. The number of esters is 1. The average molecular weight is 422 g/mol. The Bertz CT molecular complexity index is 1160. The van der Waals surface area contributed by atoms with Crippen LogP contribution >= 0.6 is 0 Å². The fourth-order valence-corrected chi connectivity index (χ4v) is 3.28. The highest BCUT2D eigenvalue weighted by Crippen LogP contribution is 2.26. The molecule has 0 amide bonds. The number of nitrogens with zero attached hydrogens (tertiary/aromatic N) is 7. The topological polar surface area (TPSA) is 133 Å². The predicted molar refractivity (Wildman–Crippen MR) is 110 cm³/mol. The lowest BCUT2D eigenvalue weighted by Gasteiger charge is -2.18. The number of aryl methyl sites for hydroxylation is 1. The zero-order valence-electron chi connectivity index (χ0n) is 16.9. The first kappa shape index (κ1) is 20.4. The molecule has 11 nitrogen and oxygen atoms in total. The molecule has 0 saturated carbocycles. The zero-order chi connectivity index (χ0) is 21.6. The number of benzene rings is 1. The van der Waals surface area contributed by atoms with Crippen molar-refractivity contribution >= 4 is 16.9 Å². The van der Waals surface area contributed by atoms with Crippen molar-refractivity contribution in [1.29, 1.82) is 0 Å². The van der Waals surface area contributed by atoms with Crippen LogP contribution in [-0.2, 0) is 22.6 Å². The van der Waals surface area contributed by atoms with Gasteiger partial charge in [0.2, 0.25) is 0 Å². The molecule has 31 heavy (non-hydrogen) atoms.